The van der Waals surface area contributed by atoms with E-state index in [1.807, 2.05) is 56.6 Å². The molecule has 0 aliphatic heterocycles. The van der Waals surface area contributed by atoms with Gasteiger partial charge in [0.1, 0.15) is 7.05 Å². The lowest BCUT2D eigenvalue weighted by Gasteiger charge is -2.14. The topological polar surface area (TPSA) is 3.88 Å². The summed E-state index contributed by atoms with van der Waals surface area (Å²) in [5.74, 6) is 0. The molecular weight excluding hydrogens is 266 g/mol. The van der Waals surface area contributed by atoms with E-state index >= 15 is 0 Å². The van der Waals surface area contributed by atoms with Gasteiger partial charge in [0.2, 0.25) is 5.69 Å². The number of aromatic nitrogens is 1. The van der Waals surface area contributed by atoms with Crippen molar-refractivity contribution in [1.29, 1.82) is 0 Å². The Morgan fingerprint density at radius 2 is 1.73 bits per heavy atom. The fraction of sp³-hybridized carbons (Fsp3) is 0.190. The predicted octanol–water partition coefficient (Wildman–Crippen LogP) is 4.77. The first-order valence-corrected chi connectivity index (χ1v) is 7.45. The highest BCUT2D eigenvalue weighted by molar-refractivity contribution is 5.84. The summed E-state index contributed by atoms with van der Waals surface area (Å²) in [4.78, 5) is 0. The molecular formula is C21H22N+. The van der Waals surface area contributed by atoms with Gasteiger partial charge in [-0.25, -0.2) is 4.57 Å². The van der Waals surface area contributed by atoms with Gasteiger partial charge in [-0.15, -0.1) is 0 Å². The first-order chi connectivity index (χ1) is 11.8. The zero-order valence-electron chi connectivity index (χ0n) is 16.2. The van der Waals surface area contributed by atoms with Crippen molar-refractivity contribution in [3.63, 3.8) is 0 Å². The van der Waals surface area contributed by atoms with Crippen LogP contribution >= 0.6 is 0 Å². The Morgan fingerprint density at radius 1 is 0.864 bits per heavy atom. The molecule has 110 valence electrons. The van der Waals surface area contributed by atoms with Crippen molar-refractivity contribution >= 4 is 0 Å². The van der Waals surface area contributed by atoms with Gasteiger partial charge in [-0.1, -0.05) is 42.0 Å². The van der Waals surface area contributed by atoms with Crippen LogP contribution < -0.4 is 4.57 Å². The first kappa shape index (κ1) is 11.2. The molecule has 0 radical (unpaired) electrons. The molecule has 0 spiro atoms. The molecule has 1 aromatic heterocycles. The summed E-state index contributed by atoms with van der Waals surface area (Å²) in [6, 6.07) is 17.8. The van der Waals surface area contributed by atoms with Gasteiger partial charge in [-0.3, -0.25) is 0 Å². The number of benzene rings is 2. The molecule has 3 aromatic rings. The van der Waals surface area contributed by atoms with Gasteiger partial charge in [0.05, 0.1) is 5.56 Å². The highest BCUT2D eigenvalue weighted by atomic mass is 14.9. The van der Waals surface area contributed by atoms with Crippen molar-refractivity contribution in [2.24, 2.45) is 7.05 Å². The van der Waals surface area contributed by atoms with E-state index in [2.05, 4.69) is 23.6 Å². The number of rotatable bonds is 2. The lowest BCUT2D eigenvalue weighted by Crippen LogP contribution is -2.30. The van der Waals surface area contributed by atoms with Crippen LogP contribution in [0.25, 0.3) is 22.4 Å². The minimum absolute atomic E-state index is 0.401. The average Bonchev–Trinajstić information content (AvgIpc) is 2.55. The number of nitrogens with zero attached hydrogens (tertiary/aromatic N) is 1. The molecule has 0 atom stereocenters. The minimum atomic E-state index is -2.15. The third-order valence-corrected chi connectivity index (χ3v) is 4.05. The second kappa shape index (κ2) is 5.76. The SMILES string of the molecule is [2H]C([2H])([2H])c1cc(C)ccc1-c1cccc(C)c1-c1cccc[n+]1C. The molecule has 3 rings (SSSR count). The number of aryl methyl sites for hydroxylation is 4. The van der Waals surface area contributed by atoms with E-state index in [-0.39, 0.29) is 0 Å². The largest absolute Gasteiger partial charge is 0.213 e. The van der Waals surface area contributed by atoms with Crippen LogP contribution in [0.5, 0.6) is 0 Å². The molecule has 0 aliphatic carbocycles. The van der Waals surface area contributed by atoms with Gasteiger partial charge in [0.15, 0.2) is 6.20 Å². The Hall–Kier alpha value is -2.41. The molecule has 0 amide bonds. The summed E-state index contributed by atoms with van der Waals surface area (Å²) >= 11 is 0. The molecule has 0 N–H and O–H groups in total. The predicted molar refractivity (Wildman–Crippen MR) is 92.7 cm³/mol. The van der Waals surface area contributed by atoms with Gasteiger partial charge in [-0.2, -0.15) is 0 Å². The van der Waals surface area contributed by atoms with E-state index in [0.29, 0.717) is 5.56 Å². The molecule has 0 aliphatic rings. The normalized spacial score (nSPS) is 13.3. The van der Waals surface area contributed by atoms with Gasteiger partial charge in [0.25, 0.3) is 0 Å². The summed E-state index contributed by atoms with van der Waals surface area (Å²) in [5.41, 5.74) is 6.33. The molecule has 0 unspecified atom stereocenters. The van der Waals surface area contributed by atoms with E-state index in [4.69, 9.17) is 4.11 Å². The van der Waals surface area contributed by atoms with Crippen molar-refractivity contribution in [1.82, 2.24) is 0 Å². The van der Waals surface area contributed by atoms with Gasteiger partial charge in [-0.05, 0) is 49.0 Å². The summed E-state index contributed by atoms with van der Waals surface area (Å²) in [7, 11) is 2.01. The molecule has 1 nitrogen and oxygen atoms in total. The standard InChI is InChI=1S/C21H22N/c1-15-11-12-18(17(3)14-15)19-9-7-8-16(2)21(19)20-10-5-6-13-22(20)4/h5-14H,1-4H3/q+1/i3D3. The van der Waals surface area contributed by atoms with Gasteiger partial charge < -0.3 is 0 Å². The molecule has 2 aromatic carbocycles. The van der Waals surface area contributed by atoms with E-state index in [1.54, 1.807) is 6.07 Å². The van der Waals surface area contributed by atoms with Crippen LogP contribution in [0, 0.1) is 20.7 Å². The van der Waals surface area contributed by atoms with Crippen LogP contribution in [-0.4, -0.2) is 0 Å². The number of pyridine rings is 1. The van der Waals surface area contributed by atoms with Gasteiger partial charge >= 0.3 is 0 Å². The Labute approximate surface area is 137 Å². The molecule has 0 fully saturated rings. The first-order valence-electron chi connectivity index (χ1n) is 8.95. The van der Waals surface area contributed by atoms with Crippen LogP contribution in [0.1, 0.15) is 20.8 Å². The van der Waals surface area contributed by atoms with E-state index in [0.717, 1.165) is 33.5 Å². The maximum absolute atomic E-state index is 7.96. The van der Waals surface area contributed by atoms with Gasteiger partial charge in [0, 0.05) is 16.2 Å². The smallest absolute Gasteiger partial charge is 0.201 e. The fourth-order valence-electron chi connectivity index (χ4n) is 2.91. The van der Waals surface area contributed by atoms with Crippen molar-refractivity contribution in [3.8, 4) is 22.4 Å². The van der Waals surface area contributed by atoms with Crippen LogP contribution in [0.2, 0.25) is 0 Å². The van der Waals surface area contributed by atoms with Crippen molar-refractivity contribution < 1.29 is 8.68 Å². The second-order valence-electron chi connectivity index (χ2n) is 5.74. The van der Waals surface area contributed by atoms with Crippen LogP contribution in [0.15, 0.2) is 60.8 Å². The zero-order valence-corrected chi connectivity index (χ0v) is 13.2. The maximum atomic E-state index is 7.96. The zero-order chi connectivity index (χ0) is 18.2. The Bertz CT molecular complexity index is 927. The Balaban J connectivity index is 2.35. The minimum Gasteiger partial charge on any atom is -0.201 e. The molecule has 22 heavy (non-hydrogen) atoms. The third-order valence-electron chi connectivity index (χ3n) is 4.05. The van der Waals surface area contributed by atoms with Crippen LogP contribution in [-0.2, 0) is 7.05 Å². The highest BCUT2D eigenvalue weighted by Gasteiger charge is 2.17. The quantitative estimate of drug-likeness (QED) is 0.599. The molecule has 1 heteroatoms. The maximum Gasteiger partial charge on any atom is 0.213 e. The van der Waals surface area contributed by atoms with E-state index in [1.165, 1.54) is 0 Å². The van der Waals surface area contributed by atoms with Crippen LogP contribution in [0.4, 0.5) is 0 Å². The van der Waals surface area contributed by atoms with Crippen molar-refractivity contribution in [3.05, 3.63) is 77.5 Å². The molecule has 0 saturated heterocycles. The van der Waals surface area contributed by atoms with Crippen molar-refractivity contribution in [2.45, 2.75) is 20.7 Å². The second-order valence-corrected chi connectivity index (χ2v) is 5.74. The lowest BCUT2D eigenvalue weighted by molar-refractivity contribution is -0.660. The van der Waals surface area contributed by atoms with E-state index < -0.39 is 6.85 Å². The summed E-state index contributed by atoms with van der Waals surface area (Å²) < 4.78 is 25.9. The Morgan fingerprint density at radius 3 is 2.50 bits per heavy atom. The lowest BCUT2D eigenvalue weighted by atomic mass is 9.90. The molecule has 1 heterocycles. The monoisotopic (exact) mass is 291 g/mol. The molecule has 0 saturated carbocycles. The Kier molecular flexibility index (Phi) is 2.93. The highest BCUT2D eigenvalue weighted by Crippen LogP contribution is 2.34. The van der Waals surface area contributed by atoms with Crippen molar-refractivity contribution in [2.75, 3.05) is 0 Å². The summed E-state index contributed by atoms with van der Waals surface area (Å²) in [6.07, 6.45) is 2.01. The van der Waals surface area contributed by atoms with Crippen LogP contribution in [0.3, 0.4) is 0 Å². The third kappa shape index (κ3) is 2.55. The number of hydrogen-bond acceptors (Lipinski definition) is 0. The fourth-order valence-corrected chi connectivity index (χ4v) is 2.91. The summed E-state index contributed by atoms with van der Waals surface area (Å²) in [6.45, 7) is 1.84. The number of hydrogen-bond donors (Lipinski definition) is 0. The average molecular weight is 291 g/mol. The molecule has 0 bridgehead atoms. The summed E-state index contributed by atoms with van der Waals surface area (Å²) in [5, 5.41) is 0. The van der Waals surface area contributed by atoms with E-state index in [9.17, 15) is 0 Å².